The van der Waals surface area contributed by atoms with E-state index in [1.165, 1.54) is 4.88 Å². The Morgan fingerprint density at radius 3 is 2.52 bits per heavy atom. The lowest BCUT2D eigenvalue weighted by Crippen LogP contribution is -2.11. The molecule has 0 bridgehead atoms. The predicted molar refractivity (Wildman–Crippen MR) is 96.2 cm³/mol. The van der Waals surface area contributed by atoms with E-state index in [1.54, 1.807) is 11.3 Å². The molecule has 0 aliphatic rings. The van der Waals surface area contributed by atoms with Crippen LogP contribution in [0.4, 0.5) is 5.69 Å². The lowest BCUT2D eigenvalue weighted by Gasteiger charge is -2.17. The summed E-state index contributed by atoms with van der Waals surface area (Å²) < 4.78 is 0. The van der Waals surface area contributed by atoms with Gasteiger partial charge in [0.25, 0.3) is 0 Å². The second kappa shape index (κ2) is 5.84. The van der Waals surface area contributed by atoms with Crippen molar-refractivity contribution in [2.45, 2.75) is 13.0 Å². The summed E-state index contributed by atoms with van der Waals surface area (Å²) in [6.07, 6.45) is 0. The molecule has 0 radical (unpaired) electrons. The minimum Gasteiger partial charge on any atom is -0.389 e. The van der Waals surface area contributed by atoms with Crippen LogP contribution in [0.25, 0.3) is 10.8 Å². The number of benzene rings is 2. The van der Waals surface area contributed by atoms with Gasteiger partial charge in [-0.25, -0.2) is 0 Å². The number of fused-ring (bicyclic) bond motifs is 1. The topological polar surface area (TPSA) is 38.0 Å². The van der Waals surface area contributed by atoms with Crippen LogP contribution in [0.5, 0.6) is 0 Å². The predicted octanol–water partition coefficient (Wildman–Crippen LogP) is 4.71. The Morgan fingerprint density at radius 2 is 1.86 bits per heavy atom. The van der Waals surface area contributed by atoms with Crippen LogP contribution >= 0.6 is 23.6 Å². The minimum atomic E-state index is 0.268. The largest absolute Gasteiger partial charge is 0.389 e. The highest BCUT2D eigenvalue weighted by atomic mass is 32.1. The molecule has 1 unspecified atom stereocenters. The van der Waals surface area contributed by atoms with Crippen LogP contribution in [-0.2, 0) is 0 Å². The van der Waals surface area contributed by atoms with Gasteiger partial charge in [-0.3, -0.25) is 0 Å². The van der Waals surface area contributed by atoms with Crippen molar-refractivity contribution < 1.29 is 0 Å². The van der Waals surface area contributed by atoms with Crippen LogP contribution in [0.2, 0.25) is 0 Å². The molecule has 0 fully saturated rings. The van der Waals surface area contributed by atoms with E-state index in [-0.39, 0.29) is 6.04 Å². The van der Waals surface area contributed by atoms with Crippen molar-refractivity contribution in [1.82, 2.24) is 0 Å². The Bertz CT molecular complexity index is 779. The highest BCUT2D eigenvalue weighted by Crippen LogP contribution is 2.30. The molecule has 3 N–H and O–H groups in total. The molecular formula is C17H16N2S2. The number of anilines is 1. The van der Waals surface area contributed by atoms with Crippen molar-refractivity contribution in [2.24, 2.45) is 5.73 Å². The summed E-state index contributed by atoms with van der Waals surface area (Å²) in [5, 5.41) is 7.91. The minimum absolute atomic E-state index is 0.268. The molecule has 2 aromatic carbocycles. The van der Waals surface area contributed by atoms with Crippen LogP contribution in [0, 0.1) is 0 Å². The van der Waals surface area contributed by atoms with E-state index in [0.717, 1.165) is 22.0 Å². The van der Waals surface area contributed by atoms with Crippen molar-refractivity contribution in [1.29, 1.82) is 0 Å². The molecule has 2 nitrogen and oxygen atoms in total. The smallest absolute Gasteiger partial charge is 0.104 e. The summed E-state index contributed by atoms with van der Waals surface area (Å²) in [7, 11) is 0. The van der Waals surface area contributed by atoms with E-state index in [2.05, 4.69) is 48.0 Å². The molecule has 1 heterocycles. The van der Waals surface area contributed by atoms with Gasteiger partial charge in [0, 0.05) is 21.5 Å². The van der Waals surface area contributed by atoms with Gasteiger partial charge in [-0.05, 0) is 35.9 Å². The number of thiophene rings is 1. The molecule has 0 saturated heterocycles. The van der Waals surface area contributed by atoms with Gasteiger partial charge in [-0.15, -0.1) is 11.3 Å². The molecule has 0 amide bonds. The third kappa shape index (κ3) is 2.77. The van der Waals surface area contributed by atoms with Gasteiger partial charge in [0.2, 0.25) is 0 Å². The quantitative estimate of drug-likeness (QED) is 0.685. The molecular weight excluding hydrogens is 296 g/mol. The molecule has 0 aliphatic carbocycles. The molecule has 3 rings (SSSR count). The lowest BCUT2D eigenvalue weighted by atomic mass is 10.0. The zero-order valence-electron chi connectivity index (χ0n) is 11.7. The maximum Gasteiger partial charge on any atom is 0.104 e. The fourth-order valence-corrected chi connectivity index (χ4v) is 3.39. The van der Waals surface area contributed by atoms with Crippen LogP contribution in [0.3, 0.4) is 0 Å². The molecule has 0 spiro atoms. The molecule has 1 atom stereocenters. The molecule has 0 aliphatic heterocycles. The van der Waals surface area contributed by atoms with E-state index < -0.39 is 0 Å². The Labute approximate surface area is 133 Å². The third-order valence-corrected chi connectivity index (χ3v) is 4.81. The SMILES string of the molecule is CC(Nc1ccc(C(N)=S)c2ccccc12)c1cccs1. The van der Waals surface area contributed by atoms with Gasteiger partial charge in [0.1, 0.15) is 4.99 Å². The lowest BCUT2D eigenvalue weighted by molar-refractivity contribution is 0.910. The fourth-order valence-electron chi connectivity index (χ4n) is 2.48. The summed E-state index contributed by atoms with van der Waals surface area (Å²) in [5.41, 5.74) is 7.85. The van der Waals surface area contributed by atoms with Crippen molar-refractivity contribution in [2.75, 3.05) is 5.32 Å². The summed E-state index contributed by atoms with van der Waals surface area (Å²) >= 11 is 6.91. The second-order valence-corrected chi connectivity index (χ2v) is 6.37. The van der Waals surface area contributed by atoms with Gasteiger partial charge in [-0.1, -0.05) is 42.5 Å². The van der Waals surface area contributed by atoms with Crippen LogP contribution in [-0.4, -0.2) is 4.99 Å². The van der Waals surface area contributed by atoms with Gasteiger partial charge < -0.3 is 11.1 Å². The van der Waals surface area contributed by atoms with Crippen molar-refractivity contribution in [3.63, 3.8) is 0 Å². The standard InChI is InChI=1S/C17H16N2S2/c1-11(16-7-4-10-21-16)19-15-9-8-14(17(18)20)12-5-2-3-6-13(12)15/h2-11,19H,1H3,(H2,18,20). The van der Waals surface area contributed by atoms with Crippen LogP contribution in [0.1, 0.15) is 23.4 Å². The average molecular weight is 312 g/mol. The zero-order chi connectivity index (χ0) is 14.8. The molecule has 21 heavy (non-hydrogen) atoms. The highest BCUT2D eigenvalue weighted by Gasteiger charge is 2.11. The number of hydrogen-bond donors (Lipinski definition) is 2. The van der Waals surface area contributed by atoms with Crippen LogP contribution < -0.4 is 11.1 Å². The number of rotatable bonds is 4. The highest BCUT2D eigenvalue weighted by molar-refractivity contribution is 7.80. The first-order valence-electron chi connectivity index (χ1n) is 6.78. The summed E-state index contributed by atoms with van der Waals surface area (Å²) in [4.78, 5) is 1.75. The molecule has 4 heteroatoms. The Morgan fingerprint density at radius 1 is 1.10 bits per heavy atom. The maximum absolute atomic E-state index is 5.82. The Balaban J connectivity index is 2.04. The van der Waals surface area contributed by atoms with Crippen molar-refractivity contribution in [3.05, 3.63) is 64.4 Å². The fraction of sp³-hybridized carbons (Fsp3) is 0.118. The number of nitrogens with one attached hydrogen (secondary N) is 1. The van der Waals surface area contributed by atoms with E-state index in [4.69, 9.17) is 18.0 Å². The number of thiocarbonyl (C=S) groups is 1. The first kappa shape index (κ1) is 14.0. The van der Waals surface area contributed by atoms with E-state index >= 15 is 0 Å². The van der Waals surface area contributed by atoms with Gasteiger partial charge in [0.05, 0.1) is 6.04 Å². The Hall–Kier alpha value is -1.91. The summed E-state index contributed by atoms with van der Waals surface area (Å²) in [5.74, 6) is 0. The summed E-state index contributed by atoms with van der Waals surface area (Å²) in [6, 6.07) is 16.7. The average Bonchev–Trinajstić information content (AvgIpc) is 3.01. The third-order valence-electron chi connectivity index (χ3n) is 3.53. The number of hydrogen-bond acceptors (Lipinski definition) is 3. The normalized spacial score (nSPS) is 12.2. The van der Waals surface area contributed by atoms with Gasteiger partial charge in [-0.2, -0.15) is 0 Å². The maximum atomic E-state index is 5.82. The molecule has 0 saturated carbocycles. The monoisotopic (exact) mass is 312 g/mol. The first-order valence-corrected chi connectivity index (χ1v) is 8.07. The van der Waals surface area contributed by atoms with Crippen molar-refractivity contribution >= 4 is 45.0 Å². The molecule has 1 aromatic heterocycles. The van der Waals surface area contributed by atoms with E-state index in [9.17, 15) is 0 Å². The van der Waals surface area contributed by atoms with E-state index in [1.807, 2.05) is 18.2 Å². The van der Waals surface area contributed by atoms with Crippen molar-refractivity contribution in [3.8, 4) is 0 Å². The number of nitrogens with two attached hydrogens (primary N) is 1. The zero-order valence-corrected chi connectivity index (χ0v) is 13.3. The van der Waals surface area contributed by atoms with Crippen LogP contribution in [0.15, 0.2) is 53.9 Å². The Kier molecular flexibility index (Phi) is 3.90. The summed E-state index contributed by atoms with van der Waals surface area (Å²) in [6.45, 7) is 2.17. The first-order chi connectivity index (χ1) is 10.2. The molecule has 3 aromatic rings. The second-order valence-electron chi connectivity index (χ2n) is 4.95. The van der Waals surface area contributed by atoms with Gasteiger partial charge in [0.15, 0.2) is 0 Å². The van der Waals surface area contributed by atoms with Gasteiger partial charge >= 0.3 is 0 Å². The van der Waals surface area contributed by atoms with E-state index in [0.29, 0.717) is 4.99 Å². The molecule has 106 valence electrons.